The highest BCUT2D eigenvalue weighted by molar-refractivity contribution is 4.89. The zero-order chi connectivity index (χ0) is 14.8. The lowest BCUT2D eigenvalue weighted by molar-refractivity contribution is -0.189. The number of nitrogens with zero attached hydrogens (tertiary/aromatic N) is 1. The van der Waals surface area contributed by atoms with E-state index in [9.17, 15) is 13.2 Å². The minimum atomic E-state index is -4.05. The molecule has 4 atom stereocenters. The summed E-state index contributed by atoms with van der Waals surface area (Å²) in [5.74, 6) is -0.676. The number of hydrogen-bond donors (Lipinski definition) is 1. The maximum atomic E-state index is 13.1. The number of hydrogen-bond acceptors (Lipinski definition) is 2. The Kier molecular flexibility index (Phi) is 5.35. The van der Waals surface area contributed by atoms with Crippen LogP contribution in [-0.2, 0) is 0 Å². The summed E-state index contributed by atoms with van der Waals surface area (Å²) in [6.07, 6.45) is 0.809. The van der Waals surface area contributed by atoms with Gasteiger partial charge in [0.1, 0.15) is 0 Å². The molecule has 0 amide bonds. The SMILES string of the molecule is CC(NC1CCCCC1C(F)(F)F)C1CCCN(C)C1. The van der Waals surface area contributed by atoms with E-state index in [1.807, 2.05) is 0 Å². The molecule has 1 heterocycles. The second kappa shape index (κ2) is 6.65. The second-order valence-corrected chi connectivity index (χ2v) is 6.66. The van der Waals surface area contributed by atoms with E-state index >= 15 is 0 Å². The van der Waals surface area contributed by atoms with Gasteiger partial charge < -0.3 is 10.2 Å². The third kappa shape index (κ3) is 4.10. The van der Waals surface area contributed by atoms with Gasteiger partial charge in [0.25, 0.3) is 0 Å². The fourth-order valence-electron chi connectivity index (χ4n) is 3.81. The minimum Gasteiger partial charge on any atom is -0.311 e. The summed E-state index contributed by atoms with van der Waals surface area (Å²) in [4.78, 5) is 2.29. The second-order valence-electron chi connectivity index (χ2n) is 6.66. The highest BCUT2D eigenvalue weighted by Crippen LogP contribution is 2.38. The number of nitrogens with one attached hydrogen (secondary N) is 1. The van der Waals surface area contributed by atoms with Gasteiger partial charge in [-0.15, -0.1) is 0 Å². The fourth-order valence-corrected chi connectivity index (χ4v) is 3.81. The van der Waals surface area contributed by atoms with E-state index in [4.69, 9.17) is 0 Å². The first kappa shape index (κ1) is 16.1. The highest BCUT2D eigenvalue weighted by Gasteiger charge is 2.45. The van der Waals surface area contributed by atoms with Crippen molar-refractivity contribution in [3.63, 3.8) is 0 Å². The summed E-state index contributed by atoms with van der Waals surface area (Å²) in [5, 5.41) is 3.32. The average molecular weight is 292 g/mol. The molecule has 1 saturated carbocycles. The summed E-state index contributed by atoms with van der Waals surface area (Å²) >= 11 is 0. The maximum absolute atomic E-state index is 13.1. The van der Waals surface area contributed by atoms with E-state index in [-0.39, 0.29) is 12.1 Å². The Morgan fingerprint density at radius 3 is 2.45 bits per heavy atom. The molecule has 0 spiro atoms. The van der Waals surface area contributed by atoms with Crippen molar-refractivity contribution < 1.29 is 13.2 Å². The summed E-state index contributed by atoms with van der Waals surface area (Å²) < 4.78 is 39.3. The van der Waals surface area contributed by atoms with E-state index < -0.39 is 12.1 Å². The predicted octanol–water partition coefficient (Wildman–Crippen LogP) is 3.43. The number of piperidine rings is 1. The van der Waals surface area contributed by atoms with Crippen molar-refractivity contribution >= 4 is 0 Å². The monoisotopic (exact) mass is 292 g/mol. The van der Waals surface area contributed by atoms with Gasteiger partial charge in [-0.2, -0.15) is 13.2 Å². The molecule has 2 aliphatic rings. The van der Waals surface area contributed by atoms with Gasteiger partial charge in [0, 0.05) is 18.6 Å². The Labute approximate surface area is 120 Å². The van der Waals surface area contributed by atoms with Gasteiger partial charge in [-0.05, 0) is 52.1 Å². The number of likely N-dealkylation sites (tertiary alicyclic amines) is 1. The zero-order valence-corrected chi connectivity index (χ0v) is 12.5. The van der Waals surface area contributed by atoms with Gasteiger partial charge in [0.15, 0.2) is 0 Å². The first-order valence-electron chi connectivity index (χ1n) is 7.89. The van der Waals surface area contributed by atoms with Crippen LogP contribution in [0.25, 0.3) is 0 Å². The van der Waals surface area contributed by atoms with Crippen molar-refractivity contribution in [1.29, 1.82) is 0 Å². The van der Waals surface area contributed by atoms with E-state index in [0.29, 0.717) is 25.2 Å². The van der Waals surface area contributed by atoms with Crippen molar-refractivity contribution in [3.05, 3.63) is 0 Å². The molecule has 4 unspecified atom stereocenters. The third-order valence-electron chi connectivity index (χ3n) is 5.03. The molecule has 2 nitrogen and oxygen atoms in total. The van der Waals surface area contributed by atoms with Crippen molar-refractivity contribution in [2.75, 3.05) is 20.1 Å². The number of rotatable bonds is 3. The molecule has 20 heavy (non-hydrogen) atoms. The summed E-state index contributed by atoms with van der Waals surface area (Å²) in [7, 11) is 2.10. The molecule has 1 N–H and O–H groups in total. The van der Waals surface area contributed by atoms with Gasteiger partial charge >= 0.3 is 6.18 Å². The van der Waals surface area contributed by atoms with Crippen LogP contribution in [0.3, 0.4) is 0 Å². The lowest BCUT2D eigenvalue weighted by Crippen LogP contribution is -2.52. The number of halogens is 3. The molecule has 1 saturated heterocycles. The van der Waals surface area contributed by atoms with Crippen LogP contribution < -0.4 is 5.32 Å². The molecule has 2 fully saturated rings. The lowest BCUT2D eigenvalue weighted by Gasteiger charge is -2.39. The molecule has 0 bridgehead atoms. The Hall–Kier alpha value is -0.290. The van der Waals surface area contributed by atoms with Crippen LogP contribution in [-0.4, -0.2) is 43.3 Å². The maximum Gasteiger partial charge on any atom is 0.393 e. The molecule has 0 aromatic carbocycles. The summed E-state index contributed by atoms with van der Waals surface area (Å²) in [5.41, 5.74) is 0. The van der Waals surface area contributed by atoms with E-state index in [0.717, 1.165) is 32.4 Å². The van der Waals surface area contributed by atoms with Crippen LogP contribution in [0.2, 0.25) is 0 Å². The van der Waals surface area contributed by atoms with Crippen LogP contribution in [0.1, 0.15) is 45.4 Å². The largest absolute Gasteiger partial charge is 0.393 e. The predicted molar refractivity (Wildman–Crippen MR) is 74.6 cm³/mol. The molecule has 1 aliphatic heterocycles. The van der Waals surface area contributed by atoms with Crippen LogP contribution >= 0.6 is 0 Å². The van der Waals surface area contributed by atoms with Gasteiger partial charge in [-0.25, -0.2) is 0 Å². The lowest BCUT2D eigenvalue weighted by atomic mass is 9.82. The highest BCUT2D eigenvalue weighted by atomic mass is 19.4. The quantitative estimate of drug-likeness (QED) is 0.857. The van der Waals surface area contributed by atoms with Gasteiger partial charge in [-0.1, -0.05) is 12.8 Å². The van der Waals surface area contributed by atoms with Crippen molar-refractivity contribution in [2.45, 2.75) is 63.7 Å². The Morgan fingerprint density at radius 1 is 1.10 bits per heavy atom. The number of alkyl halides is 3. The molecule has 0 radical (unpaired) electrons. The van der Waals surface area contributed by atoms with Crippen LogP contribution in [0.5, 0.6) is 0 Å². The van der Waals surface area contributed by atoms with Crippen LogP contribution in [0.4, 0.5) is 13.2 Å². The van der Waals surface area contributed by atoms with E-state index in [1.165, 1.54) is 0 Å². The van der Waals surface area contributed by atoms with Crippen molar-refractivity contribution in [3.8, 4) is 0 Å². The molecule has 5 heteroatoms. The Bertz CT molecular complexity index is 306. The molecule has 118 valence electrons. The Balaban J connectivity index is 1.92. The molecule has 1 aliphatic carbocycles. The summed E-state index contributed by atoms with van der Waals surface area (Å²) in [6.45, 7) is 4.17. The first-order chi connectivity index (χ1) is 9.38. The van der Waals surface area contributed by atoms with Crippen molar-refractivity contribution in [1.82, 2.24) is 10.2 Å². The zero-order valence-electron chi connectivity index (χ0n) is 12.5. The first-order valence-corrected chi connectivity index (χ1v) is 7.89. The fraction of sp³-hybridized carbons (Fsp3) is 1.00. The topological polar surface area (TPSA) is 15.3 Å². The molecule has 0 aromatic rings. The summed E-state index contributed by atoms with van der Waals surface area (Å²) in [6, 6.07) is -0.211. The van der Waals surface area contributed by atoms with E-state index in [1.54, 1.807) is 0 Å². The molecular formula is C15H27F3N2. The van der Waals surface area contributed by atoms with Gasteiger partial charge in [0.05, 0.1) is 5.92 Å². The normalized spacial score (nSPS) is 35.0. The van der Waals surface area contributed by atoms with E-state index in [2.05, 4.69) is 24.2 Å². The molecule has 2 rings (SSSR count). The van der Waals surface area contributed by atoms with Crippen LogP contribution in [0, 0.1) is 11.8 Å². The molecule has 0 aromatic heterocycles. The Morgan fingerprint density at radius 2 is 1.80 bits per heavy atom. The smallest absolute Gasteiger partial charge is 0.311 e. The molecular weight excluding hydrogens is 265 g/mol. The van der Waals surface area contributed by atoms with Crippen molar-refractivity contribution in [2.24, 2.45) is 11.8 Å². The minimum absolute atomic E-state index is 0.172. The third-order valence-corrected chi connectivity index (χ3v) is 5.03. The van der Waals surface area contributed by atoms with Crippen LogP contribution in [0.15, 0.2) is 0 Å². The standard InChI is InChI=1S/C15H27F3N2/c1-11(12-6-5-9-20(2)10-12)19-14-8-4-3-7-13(14)15(16,17)18/h11-14,19H,3-10H2,1-2H3. The van der Waals surface area contributed by atoms with Gasteiger partial charge in [-0.3, -0.25) is 0 Å². The average Bonchev–Trinajstić information content (AvgIpc) is 2.38. The van der Waals surface area contributed by atoms with Gasteiger partial charge in [0.2, 0.25) is 0 Å².